The van der Waals surface area contributed by atoms with E-state index < -0.39 is 23.8 Å². The average Bonchev–Trinajstić information content (AvgIpc) is 2.89. The SMILES string of the molecule is CCOC(=O)[C@]1(CC(=O)c2ccccc2)Oc2ccccc2C1=O. The summed E-state index contributed by atoms with van der Waals surface area (Å²) < 4.78 is 10.7. The second-order valence-electron chi connectivity index (χ2n) is 5.44. The summed E-state index contributed by atoms with van der Waals surface area (Å²) in [7, 11) is 0. The first kappa shape index (κ1) is 15.9. The highest BCUT2D eigenvalue weighted by molar-refractivity contribution is 6.22. The van der Waals surface area contributed by atoms with E-state index in [0.717, 1.165) is 0 Å². The van der Waals surface area contributed by atoms with Crippen LogP contribution in [0, 0.1) is 0 Å². The smallest absolute Gasteiger partial charge is 0.359 e. The lowest BCUT2D eigenvalue weighted by molar-refractivity contribution is -0.156. The topological polar surface area (TPSA) is 69.7 Å². The van der Waals surface area contributed by atoms with Crippen molar-refractivity contribution in [3.8, 4) is 5.75 Å². The molecule has 24 heavy (non-hydrogen) atoms. The Labute approximate surface area is 139 Å². The van der Waals surface area contributed by atoms with Crippen LogP contribution < -0.4 is 4.74 Å². The summed E-state index contributed by atoms with van der Waals surface area (Å²) in [5, 5.41) is 0. The number of Topliss-reactive ketones (excluding diaryl/α,β-unsaturated/α-hetero) is 2. The van der Waals surface area contributed by atoms with Gasteiger partial charge in [0.25, 0.3) is 5.60 Å². The van der Waals surface area contributed by atoms with Crippen LogP contribution >= 0.6 is 0 Å². The van der Waals surface area contributed by atoms with Crippen LogP contribution in [0.4, 0.5) is 0 Å². The highest BCUT2D eigenvalue weighted by Gasteiger charge is 2.56. The molecule has 5 heteroatoms. The minimum absolute atomic E-state index is 0.0904. The molecule has 1 aliphatic heterocycles. The van der Waals surface area contributed by atoms with Crippen LogP contribution in [0.3, 0.4) is 0 Å². The van der Waals surface area contributed by atoms with Crippen molar-refractivity contribution < 1.29 is 23.9 Å². The van der Waals surface area contributed by atoms with Gasteiger partial charge in [0, 0.05) is 5.56 Å². The Morgan fingerprint density at radius 3 is 2.38 bits per heavy atom. The van der Waals surface area contributed by atoms with Crippen molar-refractivity contribution in [1.82, 2.24) is 0 Å². The molecule has 0 aliphatic carbocycles. The molecule has 5 nitrogen and oxygen atoms in total. The van der Waals surface area contributed by atoms with Gasteiger partial charge in [-0.15, -0.1) is 0 Å². The van der Waals surface area contributed by atoms with E-state index in [1.165, 1.54) is 0 Å². The van der Waals surface area contributed by atoms with Crippen molar-refractivity contribution in [3.63, 3.8) is 0 Å². The molecule has 0 saturated carbocycles. The third-order valence-electron chi connectivity index (χ3n) is 3.89. The number of hydrogen-bond donors (Lipinski definition) is 0. The standard InChI is InChI=1S/C19H16O5/c1-2-23-18(22)19(12-15(20)13-8-4-3-5-9-13)17(21)14-10-6-7-11-16(14)24-19/h3-11H,2,12H2,1H3/t19-/m1/s1. The molecule has 1 aliphatic rings. The van der Waals surface area contributed by atoms with Crippen molar-refractivity contribution in [2.45, 2.75) is 18.9 Å². The van der Waals surface area contributed by atoms with Gasteiger partial charge in [0.1, 0.15) is 5.75 Å². The van der Waals surface area contributed by atoms with Gasteiger partial charge in [-0.05, 0) is 19.1 Å². The Bertz CT molecular complexity index is 796. The number of carbonyl (C=O) groups is 3. The predicted octanol–water partition coefficient (Wildman–Crippen LogP) is 2.84. The molecular weight excluding hydrogens is 308 g/mol. The lowest BCUT2D eigenvalue weighted by Gasteiger charge is -2.24. The predicted molar refractivity (Wildman–Crippen MR) is 86.2 cm³/mol. The quantitative estimate of drug-likeness (QED) is 0.480. The molecule has 0 N–H and O–H groups in total. The fourth-order valence-electron chi connectivity index (χ4n) is 2.72. The van der Waals surface area contributed by atoms with Crippen LogP contribution in [-0.2, 0) is 9.53 Å². The summed E-state index contributed by atoms with van der Waals surface area (Å²) in [5.74, 6) is -1.45. The highest BCUT2D eigenvalue weighted by Crippen LogP contribution is 2.38. The zero-order valence-corrected chi connectivity index (χ0v) is 13.2. The third kappa shape index (κ3) is 2.58. The molecule has 0 amide bonds. The van der Waals surface area contributed by atoms with Crippen molar-refractivity contribution >= 4 is 17.5 Å². The van der Waals surface area contributed by atoms with E-state index in [4.69, 9.17) is 9.47 Å². The van der Waals surface area contributed by atoms with Crippen LogP contribution in [0.15, 0.2) is 54.6 Å². The number of ketones is 2. The van der Waals surface area contributed by atoms with Gasteiger partial charge in [0.2, 0.25) is 5.78 Å². The van der Waals surface area contributed by atoms with Crippen LogP contribution in [0.2, 0.25) is 0 Å². The number of carbonyl (C=O) groups excluding carboxylic acids is 3. The molecule has 2 aromatic rings. The monoisotopic (exact) mass is 324 g/mol. The Kier molecular flexibility index (Phi) is 4.16. The van der Waals surface area contributed by atoms with Crippen LogP contribution in [-0.4, -0.2) is 29.7 Å². The summed E-state index contributed by atoms with van der Waals surface area (Å²) in [5.41, 5.74) is -1.26. The number of fused-ring (bicyclic) bond motifs is 1. The molecule has 3 rings (SSSR count). The van der Waals surface area contributed by atoms with Gasteiger partial charge < -0.3 is 9.47 Å². The molecular formula is C19H16O5. The molecule has 0 aromatic heterocycles. The first-order valence-electron chi connectivity index (χ1n) is 7.67. The number of hydrogen-bond acceptors (Lipinski definition) is 5. The van der Waals surface area contributed by atoms with Gasteiger partial charge in [-0.25, -0.2) is 4.79 Å². The van der Waals surface area contributed by atoms with E-state index in [-0.39, 0.29) is 23.7 Å². The second-order valence-corrected chi connectivity index (χ2v) is 5.44. The maximum absolute atomic E-state index is 12.8. The Morgan fingerprint density at radius 1 is 1.04 bits per heavy atom. The van der Waals surface area contributed by atoms with Crippen LogP contribution in [0.1, 0.15) is 34.1 Å². The molecule has 0 unspecified atom stereocenters. The zero-order valence-electron chi connectivity index (χ0n) is 13.2. The molecule has 122 valence electrons. The van der Waals surface area contributed by atoms with Crippen LogP contribution in [0.25, 0.3) is 0 Å². The fourth-order valence-corrected chi connectivity index (χ4v) is 2.72. The second kappa shape index (κ2) is 6.28. The molecule has 0 fully saturated rings. The van der Waals surface area contributed by atoms with Gasteiger partial charge in [-0.1, -0.05) is 42.5 Å². The number of benzene rings is 2. The van der Waals surface area contributed by atoms with E-state index >= 15 is 0 Å². The van der Waals surface area contributed by atoms with Gasteiger partial charge in [-0.3, -0.25) is 9.59 Å². The van der Waals surface area contributed by atoms with Crippen molar-refractivity contribution in [2.24, 2.45) is 0 Å². The Hall–Kier alpha value is -2.95. The lowest BCUT2D eigenvalue weighted by Crippen LogP contribution is -2.51. The van der Waals surface area contributed by atoms with E-state index in [2.05, 4.69) is 0 Å². The van der Waals surface area contributed by atoms with Gasteiger partial charge in [0.15, 0.2) is 5.78 Å². The number of ether oxygens (including phenoxy) is 2. The summed E-state index contributed by atoms with van der Waals surface area (Å²) in [6.07, 6.45) is -0.399. The van der Waals surface area contributed by atoms with Gasteiger partial charge in [0.05, 0.1) is 18.6 Å². The summed E-state index contributed by atoms with van der Waals surface area (Å²) in [4.78, 5) is 37.9. The minimum atomic E-state index is -1.95. The Balaban J connectivity index is 1.98. The van der Waals surface area contributed by atoms with E-state index in [0.29, 0.717) is 5.56 Å². The average molecular weight is 324 g/mol. The zero-order chi connectivity index (χ0) is 17.2. The molecule has 1 atom stereocenters. The molecule has 2 aromatic carbocycles. The first-order valence-corrected chi connectivity index (χ1v) is 7.67. The largest absolute Gasteiger partial charge is 0.466 e. The maximum atomic E-state index is 12.8. The number of rotatable bonds is 5. The summed E-state index contributed by atoms with van der Waals surface area (Å²) in [6, 6.07) is 15.0. The normalized spacial score (nSPS) is 18.6. The van der Waals surface area contributed by atoms with Gasteiger partial charge in [-0.2, -0.15) is 0 Å². The fraction of sp³-hybridized carbons (Fsp3) is 0.211. The lowest BCUT2D eigenvalue weighted by atomic mass is 9.88. The van der Waals surface area contributed by atoms with Crippen molar-refractivity contribution in [2.75, 3.05) is 6.61 Å². The van der Waals surface area contributed by atoms with E-state index in [9.17, 15) is 14.4 Å². The highest BCUT2D eigenvalue weighted by atomic mass is 16.6. The molecule has 0 saturated heterocycles. The van der Waals surface area contributed by atoms with Gasteiger partial charge >= 0.3 is 5.97 Å². The molecule has 0 bridgehead atoms. The number of esters is 1. The Morgan fingerprint density at radius 2 is 1.71 bits per heavy atom. The number of para-hydroxylation sites is 1. The molecule has 0 spiro atoms. The van der Waals surface area contributed by atoms with E-state index in [1.807, 2.05) is 0 Å². The third-order valence-corrected chi connectivity index (χ3v) is 3.89. The molecule has 1 heterocycles. The summed E-state index contributed by atoms with van der Waals surface area (Å²) >= 11 is 0. The van der Waals surface area contributed by atoms with Crippen molar-refractivity contribution in [3.05, 3.63) is 65.7 Å². The van der Waals surface area contributed by atoms with E-state index in [1.54, 1.807) is 61.5 Å². The first-order chi connectivity index (χ1) is 11.6. The summed E-state index contributed by atoms with van der Waals surface area (Å²) in [6.45, 7) is 1.73. The van der Waals surface area contributed by atoms with Crippen molar-refractivity contribution in [1.29, 1.82) is 0 Å². The maximum Gasteiger partial charge on any atom is 0.359 e. The molecule has 0 radical (unpaired) electrons. The minimum Gasteiger partial charge on any atom is -0.466 e. The van der Waals surface area contributed by atoms with Crippen LogP contribution in [0.5, 0.6) is 5.75 Å².